The van der Waals surface area contributed by atoms with Gasteiger partial charge in [-0.15, -0.1) is 11.3 Å². The van der Waals surface area contributed by atoms with Gasteiger partial charge in [-0.2, -0.15) is 0 Å². The molecule has 10 heavy (non-hydrogen) atoms. The number of nitrogens with one attached hydrogen (secondary N) is 1. The van der Waals surface area contributed by atoms with E-state index in [-0.39, 0.29) is 0 Å². The fourth-order valence-electron chi connectivity index (χ4n) is 0.517. The molecule has 1 heterocycles. The van der Waals surface area contributed by atoms with Crippen molar-refractivity contribution in [2.24, 2.45) is 5.73 Å². The monoisotopic (exact) mass is 157 g/mol. The standard InChI is InChI=1S/C5H7N3OS/c1-3-2-10-5(7-3)8-4(6)9/h2H,1H3,(H3,6,7,8,9). The van der Waals surface area contributed by atoms with Gasteiger partial charge in [-0.05, 0) is 6.92 Å². The zero-order valence-corrected chi connectivity index (χ0v) is 6.23. The first-order chi connectivity index (χ1) is 4.68. The molecule has 0 atom stereocenters. The first kappa shape index (κ1) is 7.01. The van der Waals surface area contributed by atoms with Gasteiger partial charge in [0, 0.05) is 5.38 Å². The van der Waals surface area contributed by atoms with E-state index in [0.29, 0.717) is 5.13 Å². The van der Waals surface area contributed by atoms with Gasteiger partial charge < -0.3 is 5.73 Å². The Morgan fingerprint density at radius 1 is 1.90 bits per heavy atom. The molecule has 0 aromatic carbocycles. The van der Waals surface area contributed by atoms with Crippen molar-refractivity contribution in [3.05, 3.63) is 11.1 Å². The zero-order chi connectivity index (χ0) is 7.56. The summed E-state index contributed by atoms with van der Waals surface area (Å²) in [4.78, 5) is 14.2. The van der Waals surface area contributed by atoms with Crippen LogP contribution in [0.25, 0.3) is 0 Å². The Morgan fingerprint density at radius 2 is 2.60 bits per heavy atom. The summed E-state index contributed by atoms with van der Waals surface area (Å²) in [5.74, 6) is 0. The molecule has 0 saturated carbocycles. The fraction of sp³-hybridized carbons (Fsp3) is 0.200. The van der Waals surface area contributed by atoms with Gasteiger partial charge >= 0.3 is 6.03 Å². The van der Waals surface area contributed by atoms with Crippen LogP contribution in [0.4, 0.5) is 9.93 Å². The van der Waals surface area contributed by atoms with Crippen molar-refractivity contribution < 1.29 is 4.79 Å². The first-order valence-corrected chi connectivity index (χ1v) is 3.55. The Labute approximate surface area is 62.1 Å². The minimum atomic E-state index is -0.575. The molecule has 0 fully saturated rings. The number of hydrogen-bond acceptors (Lipinski definition) is 3. The van der Waals surface area contributed by atoms with Crippen LogP contribution in [0, 0.1) is 6.92 Å². The van der Waals surface area contributed by atoms with Gasteiger partial charge in [-0.25, -0.2) is 9.78 Å². The Bertz CT molecular complexity index is 245. The van der Waals surface area contributed by atoms with Crippen LogP contribution in [0.1, 0.15) is 5.69 Å². The van der Waals surface area contributed by atoms with E-state index in [1.54, 1.807) is 0 Å². The normalized spacial score (nSPS) is 9.30. The molecule has 0 unspecified atom stereocenters. The summed E-state index contributed by atoms with van der Waals surface area (Å²) in [6, 6.07) is -0.575. The summed E-state index contributed by atoms with van der Waals surface area (Å²) in [6.07, 6.45) is 0. The van der Waals surface area contributed by atoms with Crippen molar-refractivity contribution in [1.29, 1.82) is 0 Å². The van der Waals surface area contributed by atoms with E-state index >= 15 is 0 Å². The van der Waals surface area contributed by atoms with Crippen LogP contribution in [0.2, 0.25) is 0 Å². The summed E-state index contributed by atoms with van der Waals surface area (Å²) < 4.78 is 0. The quantitative estimate of drug-likeness (QED) is 0.637. The Morgan fingerprint density at radius 3 is 3.00 bits per heavy atom. The van der Waals surface area contributed by atoms with Crippen LogP contribution in [0.15, 0.2) is 5.38 Å². The van der Waals surface area contributed by atoms with Crippen LogP contribution >= 0.6 is 11.3 Å². The molecule has 0 bridgehead atoms. The van der Waals surface area contributed by atoms with Gasteiger partial charge in [0.15, 0.2) is 5.13 Å². The van der Waals surface area contributed by atoms with Gasteiger partial charge in [-0.3, -0.25) is 5.32 Å². The van der Waals surface area contributed by atoms with Gasteiger partial charge in [0.1, 0.15) is 0 Å². The predicted octanol–water partition coefficient (Wildman–Crippen LogP) is 0.942. The molecule has 0 aliphatic heterocycles. The number of primary amides is 1. The third kappa shape index (κ3) is 1.70. The van der Waals surface area contributed by atoms with Crippen LogP contribution in [0.3, 0.4) is 0 Å². The lowest BCUT2D eigenvalue weighted by atomic mass is 10.6. The summed E-state index contributed by atoms with van der Waals surface area (Å²) in [7, 11) is 0. The summed E-state index contributed by atoms with van der Waals surface area (Å²) in [6.45, 7) is 1.85. The van der Waals surface area contributed by atoms with E-state index in [9.17, 15) is 4.79 Å². The third-order valence-corrected chi connectivity index (χ3v) is 1.72. The number of thiazole rings is 1. The van der Waals surface area contributed by atoms with Crippen LogP contribution in [-0.4, -0.2) is 11.0 Å². The van der Waals surface area contributed by atoms with Crippen molar-refractivity contribution in [1.82, 2.24) is 4.98 Å². The molecule has 2 amide bonds. The topological polar surface area (TPSA) is 68.0 Å². The SMILES string of the molecule is Cc1csc(NC(N)=O)n1. The molecule has 4 nitrogen and oxygen atoms in total. The molecule has 0 aliphatic carbocycles. The summed E-state index contributed by atoms with van der Waals surface area (Å²) in [5, 5.41) is 4.76. The molecule has 1 aromatic heterocycles. The van der Waals surface area contributed by atoms with E-state index in [1.807, 2.05) is 12.3 Å². The summed E-state index contributed by atoms with van der Waals surface area (Å²) in [5.41, 5.74) is 5.73. The average Bonchev–Trinajstić information content (AvgIpc) is 2.13. The second kappa shape index (κ2) is 2.66. The highest BCUT2D eigenvalue weighted by Crippen LogP contribution is 2.13. The second-order valence-corrected chi connectivity index (χ2v) is 2.64. The van der Waals surface area contributed by atoms with Crippen molar-refractivity contribution >= 4 is 22.5 Å². The van der Waals surface area contributed by atoms with E-state index in [1.165, 1.54) is 11.3 Å². The largest absolute Gasteiger partial charge is 0.351 e. The lowest BCUT2D eigenvalue weighted by Crippen LogP contribution is -2.18. The molecular weight excluding hydrogens is 150 g/mol. The number of amides is 2. The number of hydrogen-bond donors (Lipinski definition) is 2. The maximum absolute atomic E-state index is 10.3. The molecule has 54 valence electrons. The third-order valence-electron chi connectivity index (χ3n) is 0.849. The summed E-state index contributed by atoms with van der Waals surface area (Å²) >= 11 is 1.35. The van der Waals surface area contributed by atoms with Crippen molar-refractivity contribution in [2.75, 3.05) is 5.32 Å². The average molecular weight is 157 g/mol. The van der Waals surface area contributed by atoms with E-state index in [0.717, 1.165) is 5.69 Å². The van der Waals surface area contributed by atoms with Crippen molar-refractivity contribution in [3.8, 4) is 0 Å². The number of nitrogens with zero attached hydrogens (tertiary/aromatic N) is 1. The number of urea groups is 1. The molecule has 0 radical (unpaired) electrons. The number of aryl methyl sites for hydroxylation is 1. The van der Waals surface area contributed by atoms with Gasteiger partial charge in [0.25, 0.3) is 0 Å². The zero-order valence-electron chi connectivity index (χ0n) is 5.42. The van der Waals surface area contributed by atoms with E-state index in [4.69, 9.17) is 5.73 Å². The fourth-order valence-corrected chi connectivity index (χ4v) is 1.21. The highest BCUT2D eigenvalue weighted by atomic mass is 32.1. The molecule has 1 aromatic rings. The van der Waals surface area contributed by atoms with Crippen LogP contribution in [-0.2, 0) is 0 Å². The maximum atomic E-state index is 10.3. The van der Waals surface area contributed by atoms with Gasteiger partial charge in [0.05, 0.1) is 5.69 Å². The Balaban J connectivity index is 2.67. The van der Waals surface area contributed by atoms with Crippen LogP contribution < -0.4 is 11.1 Å². The Hall–Kier alpha value is -1.10. The number of rotatable bonds is 1. The molecule has 5 heteroatoms. The molecule has 0 saturated heterocycles. The lowest BCUT2D eigenvalue weighted by Gasteiger charge is -1.91. The second-order valence-electron chi connectivity index (χ2n) is 1.78. The number of aromatic nitrogens is 1. The molecule has 0 aliphatic rings. The molecular formula is C5H7N3OS. The number of carbonyl (C=O) groups excluding carboxylic acids is 1. The lowest BCUT2D eigenvalue weighted by molar-refractivity contribution is 0.259. The Kier molecular flexibility index (Phi) is 1.86. The molecule has 1 rings (SSSR count). The molecule has 3 N–H and O–H groups in total. The maximum Gasteiger partial charge on any atom is 0.318 e. The van der Waals surface area contributed by atoms with Crippen molar-refractivity contribution in [3.63, 3.8) is 0 Å². The minimum absolute atomic E-state index is 0.546. The van der Waals surface area contributed by atoms with Crippen molar-refractivity contribution in [2.45, 2.75) is 6.92 Å². The number of carbonyl (C=O) groups is 1. The minimum Gasteiger partial charge on any atom is -0.351 e. The van der Waals surface area contributed by atoms with E-state index in [2.05, 4.69) is 10.3 Å². The van der Waals surface area contributed by atoms with Crippen LogP contribution in [0.5, 0.6) is 0 Å². The smallest absolute Gasteiger partial charge is 0.318 e. The number of nitrogens with two attached hydrogens (primary N) is 1. The van der Waals surface area contributed by atoms with E-state index < -0.39 is 6.03 Å². The highest BCUT2D eigenvalue weighted by molar-refractivity contribution is 7.13. The van der Waals surface area contributed by atoms with Gasteiger partial charge in [-0.1, -0.05) is 0 Å². The molecule has 0 spiro atoms. The number of anilines is 1. The van der Waals surface area contributed by atoms with Gasteiger partial charge in [0.2, 0.25) is 0 Å². The first-order valence-electron chi connectivity index (χ1n) is 2.67. The predicted molar refractivity (Wildman–Crippen MR) is 40.1 cm³/mol. The highest BCUT2D eigenvalue weighted by Gasteiger charge is 1.98.